The number of piperidine rings is 6. The van der Waals surface area contributed by atoms with Crippen LogP contribution in [0.5, 0.6) is 0 Å². The first kappa shape index (κ1) is 55.0. The van der Waals surface area contributed by atoms with Gasteiger partial charge in [-0.25, -0.2) is 0 Å². The molecule has 2 aromatic rings. The number of likely N-dealkylation sites (tertiary alicyclic amines) is 4. The fourth-order valence-corrected chi connectivity index (χ4v) is 10.5. The van der Waals surface area contributed by atoms with E-state index in [-0.39, 0.29) is 13.0 Å². The number of pyridine rings is 1. The van der Waals surface area contributed by atoms with Crippen molar-refractivity contribution in [3.05, 3.63) is 54.4 Å². The van der Waals surface area contributed by atoms with Crippen molar-refractivity contribution in [2.75, 3.05) is 126 Å². The zero-order chi connectivity index (χ0) is 48.3. The molecule has 0 radical (unpaired) electrons. The predicted octanol–water partition coefficient (Wildman–Crippen LogP) is 4.10. The molecule has 0 aliphatic carbocycles. The molecule has 6 aliphatic heterocycles. The number of Topliss-reactive ketones (excluding diaryl/α,β-unsaturated/α-hetero) is 1. The number of anilines is 2. The molecular weight excluding hydrogens is 840 g/mol. The van der Waals surface area contributed by atoms with Crippen molar-refractivity contribution in [1.29, 1.82) is 0 Å². The van der Waals surface area contributed by atoms with Crippen LogP contribution in [-0.4, -0.2) is 231 Å². The molecule has 0 atom stereocenters. The molecule has 0 unspecified atom stereocenters. The second kappa shape index (κ2) is 28.6. The summed E-state index contributed by atoms with van der Waals surface area (Å²) in [5, 5.41) is 25.3. The van der Waals surface area contributed by atoms with Gasteiger partial charge in [-0.2, -0.15) is 0 Å². The maximum absolute atomic E-state index is 13.0. The number of aromatic nitrogens is 1. The number of nitrogens with one attached hydrogen (secondary N) is 2. The maximum atomic E-state index is 13.0. The Morgan fingerprint density at radius 2 is 0.955 bits per heavy atom. The molecule has 4 N–H and O–H groups in total. The molecule has 6 fully saturated rings. The van der Waals surface area contributed by atoms with Gasteiger partial charge in [0.05, 0.1) is 0 Å². The third kappa shape index (κ3) is 18.4. The SMILES string of the molecule is CB(O)N1CCC(=O)CC1.CB(O)N1CCC(N(C)C2CCN(C)CC2)CC1.CN1CCC(N(C)C2CCN(C(=O)c3ccc(Nc4ccncc4)cc3)CC2)CC1.CNC1CCN(C)CC1. The van der Waals surface area contributed by atoms with Crippen molar-refractivity contribution in [2.45, 2.75) is 121 Å². The van der Waals surface area contributed by atoms with Crippen molar-refractivity contribution in [2.24, 2.45) is 0 Å². The summed E-state index contributed by atoms with van der Waals surface area (Å²) >= 11 is 0. The molecule has 0 spiro atoms. The summed E-state index contributed by atoms with van der Waals surface area (Å²) in [5.41, 5.74) is 2.72. The Morgan fingerprint density at radius 1 is 0.582 bits per heavy atom. The quantitative estimate of drug-likeness (QED) is 0.255. The van der Waals surface area contributed by atoms with Crippen LogP contribution in [0.2, 0.25) is 13.6 Å². The number of amides is 1. The highest BCUT2D eigenvalue weighted by Gasteiger charge is 2.32. The lowest BCUT2D eigenvalue weighted by atomic mass is 9.82. The van der Waals surface area contributed by atoms with Crippen molar-refractivity contribution in [1.82, 2.24) is 49.3 Å². The van der Waals surface area contributed by atoms with E-state index >= 15 is 0 Å². The van der Waals surface area contributed by atoms with Crippen LogP contribution in [0.1, 0.15) is 87.4 Å². The molecule has 374 valence electrons. The number of nitrogens with zero attached hydrogens (tertiary/aromatic N) is 9. The normalized spacial score (nSPS) is 22.0. The summed E-state index contributed by atoms with van der Waals surface area (Å²) in [6, 6.07) is 15.2. The third-order valence-electron chi connectivity index (χ3n) is 15.6. The highest BCUT2D eigenvalue weighted by Crippen LogP contribution is 2.25. The van der Waals surface area contributed by atoms with E-state index in [1.54, 1.807) is 19.2 Å². The molecule has 0 saturated carbocycles. The standard InChI is InChI=1S/C24H33N5O.C13H28BN3O.C7H16N2.C6H12BNO2/c1-27-15-9-22(10-16-27)28(2)23-11-17-29(18-12-23)24(30)19-3-5-20(6-4-19)26-21-7-13-25-14-8-21;1-14(18)17-10-6-13(7-11-17)16(3)12-4-8-15(2)9-5-12;1-8-7-3-5-9(2)6-4-7;1-7(10)8-4-2-6(9)3-5-8/h3-8,13-14,22-23H,9-12,15-18H2,1-2H3,(H,25,26);12-13,18H,4-11H2,1-3H3;7-8H,3-6H2,1-2H3;10H,2-5H2,1H3. The van der Waals surface area contributed by atoms with Crippen molar-refractivity contribution < 1.29 is 19.6 Å². The fraction of sp³-hybridized carbons (Fsp3) is 0.740. The van der Waals surface area contributed by atoms with E-state index in [0.29, 0.717) is 36.8 Å². The monoisotopic (exact) mass is 930 g/mol. The smallest absolute Gasteiger partial charge is 0.376 e. The minimum absolute atomic E-state index is 0.144. The summed E-state index contributed by atoms with van der Waals surface area (Å²) in [6.07, 6.45) is 17.0. The van der Waals surface area contributed by atoms with E-state index < -0.39 is 7.05 Å². The van der Waals surface area contributed by atoms with Crippen molar-refractivity contribution >= 4 is 37.2 Å². The lowest BCUT2D eigenvalue weighted by Crippen LogP contribution is -2.52. The van der Waals surface area contributed by atoms with Gasteiger partial charge in [0.2, 0.25) is 0 Å². The maximum Gasteiger partial charge on any atom is 0.376 e. The van der Waals surface area contributed by atoms with Crippen molar-refractivity contribution in [3.63, 3.8) is 0 Å². The van der Waals surface area contributed by atoms with Crippen LogP contribution in [0.25, 0.3) is 0 Å². The minimum atomic E-state index is -0.395. The van der Waals surface area contributed by atoms with E-state index in [2.05, 4.69) is 87.2 Å². The average Bonchev–Trinajstić information content (AvgIpc) is 3.35. The number of ketones is 1. The molecule has 0 bridgehead atoms. The molecular formula is C50H89B2N11O4. The summed E-state index contributed by atoms with van der Waals surface area (Å²) in [6.45, 7) is 16.2. The van der Waals surface area contributed by atoms with E-state index in [4.69, 9.17) is 5.02 Å². The fourth-order valence-electron chi connectivity index (χ4n) is 10.5. The van der Waals surface area contributed by atoms with Gasteiger partial charge in [-0.1, -0.05) is 0 Å². The highest BCUT2D eigenvalue weighted by molar-refractivity contribution is 6.45. The summed E-state index contributed by atoms with van der Waals surface area (Å²) < 4.78 is 0. The summed E-state index contributed by atoms with van der Waals surface area (Å²) in [4.78, 5) is 46.3. The van der Waals surface area contributed by atoms with Crippen molar-refractivity contribution in [3.8, 4) is 0 Å². The van der Waals surface area contributed by atoms with Gasteiger partial charge in [-0.05, 0) is 222 Å². The van der Waals surface area contributed by atoms with Gasteiger partial charge in [0.1, 0.15) is 5.78 Å². The molecule has 17 heteroatoms. The molecule has 6 saturated heterocycles. The Hall–Kier alpha value is -2.96. The van der Waals surface area contributed by atoms with Gasteiger partial charge in [0, 0.05) is 85.5 Å². The predicted molar refractivity (Wildman–Crippen MR) is 277 cm³/mol. The van der Waals surface area contributed by atoms with Gasteiger partial charge in [0.15, 0.2) is 0 Å². The zero-order valence-corrected chi connectivity index (χ0v) is 42.9. The number of carbonyl (C=O) groups excluding carboxylic acids is 2. The number of hydrogen-bond donors (Lipinski definition) is 4. The van der Waals surface area contributed by atoms with Gasteiger partial charge in [-0.15, -0.1) is 0 Å². The largest absolute Gasteiger partial charge is 0.437 e. The first-order valence-corrected chi connectivity index (χ1v) is 25.8. The highest BCUT2D eigenvalue weighted by atomic mass is 16.2. The Bertz CT molecular complexity index is 1670. The van der Waals surface area contributed by atoms with Gasteiger partial charge in [-0.3, -0.25) is 14.6 Å². The van der Waals surface area contributed by atoms with Crippen LogP contribution in [0.15, 0.2) is 48.8 Å². The van der Waals surface area contributed by atoms with E-state index in [9.17, 15) is 14.6 Å². The van der Waals surface area contributed by atoms with E-state index in [0.717, 1.165) is 81.1 Å². The summed E-state index contributed by atoms with van der Waals surface area (Å²) in [7, 11) is 12.6. The first-order chi connectivity index (χ1) is 32.2. The van der Waals surface area contributed by atoms with Gasteiger partial charge >= 0.3 is 14.1 Å². The van der Waals surface area contributed by atoms with Gasteiger partial charge in [0.25, 0.3) is 5.91 Å². The molecule has 15 nitrogen and oxygen atoms in total. The average molecular weight is 930 g/mol. The minimum Gasteiger partial charge on any atom is -0.437 e. The Labute approximate surface area is 406 Å². The van der Waals surface area contributed by atoms with E-state index in [1.807, 2.05) is 52.9 Å². The van der Waals surface area contributed by atoms with Crippen LogP contribution >= 0.6 is 0 Å². The molecule has 7 heterocycles. The second-order valence-corrected chi connectivity index (χ2v) is 20.3. The lowest BCUT2D eigenvalue weighted by Gasteiger charge is -2.43. The molecule has 8 rings (SSSR count). The summed E-state index contributed by atoms with van der Waals surface area (Å²) in [5.74, 6) is 0.461. The van der Waals surface area contributed by atoms with Crippen LogP contribution in [0, 0.1) is 0 Å². The number of rotatable bonds is 10. The topological polar surface area (TPSA) is 137 Å². The van der Waals surface area contributed by atoms with E-state index in [1.165, 1.54) is 90.6 Å². The number of carbonyl (C=O) groups is 2. The molecule has 1 aromatic heterocycles. The number of hydrogen-bond acceptors (Lipinski definition) is 14. The van der Waals surface area contributed by atoms with Crippen LogP contribution in [0.3, 0.4) is 0 Å². The van der Waals surface area contributed by atoms with Gasteiger partial charge < -0.3 is 59.7 Å². The number of benzene rings is 1. The van der Waals surface area contributed by atoms with Crippen LogP contribution in [0.4, 0.5) is 11.4 Å². The Morgan fingerprint density at radius 3 is 1.37 bits per heavy atom. The molecule has 67 heavy (non-hydrogen) atoms. The van der Waals surface area contributed by atoms with Crippen LogP contribution < -0.4 is 10.6 Å². The Balaban J connectivity index is 0.000000191. The third-order valence-corrected chi connectivity index (χ3v) is 15.6. The molecule has 1 amide bonds. The second-order valence-electron chi connectivity index (χ2n) is 20.3. The Kier molecular flexibility index (Phi) is 23.5. The zero-order valence-electron chi connectivity index (χ0n) is 42.9. The first-order valence-electron chi connectivity index (χ1n) is 25.8. The molecule has 6 aliphatic rings. The van der Waals surface area contributed by atoms with Crippen LogP contribution in [-0.2, 0) is 4.79 Å². The lowest BCUT2D eigenvalue weighted by molar-refractivity contribution is -0.120. The molecule has 1 aromatic carbocycles.